The number of hydrogen-bond acceptors (Lipinski definition) is 4. The lowest BCUT2D eigenvalue weighted by Crippen LogP contribution is -2.22. The standard InChI is InChI=1S/C18H12Cl2N4OS/c19-13-5-11(6-14(20)7-13)8-21-17(25)12-9-22-24(10-12)18-23-15-3-1-2-4-16(15)26-18/h1-7,9-10H,8H2,(H,21,25). The van der Waals surface area contributed by atoms with Gasteiger partial charge in [-0.2, -0.15) is 5.10 Å². The molecule has 2 aromatic carbocycles. The lowest BCUT2D eigenvalue weighted by Gasteiger charge is -2.05. The van der Waals surface area contributed by atoms with Crippen LogP contribution in [0.15, 0.2) is 54.9 Å². The number of hydrogen-bond donors (Lipinski definition) is 1. The minimum Gasteiger partial charge on any atom is -0.348 e. The summed E-state index contributed by atoms with van der Waals surface area (Å²) in [5.74, 6) is -0.228. The second-order valence-electron chi connectivity index (χ2n) is 5.60. The van der Waals surface area contributed by atoms with Crippen LogP contribution in [0.25, 0.3) is 15.3 Å². The second kappa shape index (κ2) is 7.07. The van der Waals surface area contributed by atoms with Crippen molar-refractivity contribution in [1.82, 2.24) is 20.1 Å². The number of nitrogens with zero attached hydrogens (tertiary/aromatic N) is 3. The monoisotopic (exact) mass is 402 g/mol. The van der Waals surface area contributed by atoms with Gasteiger partial charge in [0.05, 0.1) is 22.0 Å². The molecule has 5 nitrogen and oxygen atoms in total. The molecule has 130 valence electrons. The van der Waals surface area contributed by atoms with Crippen LogP contribution in [-0.4, -0.2) is 20.7 Å². The fourth-order valence-electron chi connectivity index (χ4n) is 2.50. The van der Waals surface area contributed by atoms with Crippen LogP contribution in [0.5, 0.6) is 0 Å². The Morgan fingerprint density at radius 1 is 1.15 bits per heavy atom. The van der Waals surface area contributed by atoms with E-state index in [9.17, 15) is 4.79 Å². The number of halogens is 2. The molecule has 0 spiro atoms. The fourth-order valence-corrected chi connectivity index (χ4v) is 3.97. The molecule has 8 heteroatoms. The van der Waals surface area contributed by atoms with Gasteiger partial charge in [0.1, 0.15) is 0 Å². The highest BCUT2D eigenvalue weighted by atomic mass is 35.5. The van der Waals surface area contributed by atoms with Gasteiger partial charge in [-0.15, -0.1) is 0 Å². The maximum absolute atomic E-state index is 12.4. The highest BCUT2D eigenvalue weighted by molar-refractivity contribution is 7.20. The number of carbonyl (C=O) groups is 1. The Labute approximate surface area is 163 Å². The minimum absolute atomic E-state index is 0.228. The molecule has 0 fully saturated rings. The Bertz CT molecular complexity index is 1050. The van der Waals surface area contributed by atoms with E-state index in [1.807, 2.05) is 24.3 Å². The van der Waals surface area contributed by atoms with Crippen LogP contribution >= 0.6 is 34.5 Å². The summed E-state index contributed by atoms with van der Waals surface area (Å²) in [5, 5.41) is 8.86. The Morgan fingerprint density at radius 2 is 1.92 bits per heavy atom. The van der Waals surface area contributed by atoms with E-state index in [0.717, 1.165) is 15.8 Å². The summed E-state index contributed by atoms with van der Waals surface area (Å²) in [4.78, 5) is 16.9. The summed E-state index contributed by atoms with van der Waals surface area (Å²) in [7, 11) is 0. The molecule has 1 N–H and O–H groups in total. The molecule has 26 heavy (non-hydrogen) atoms. The Kier molecular flexibility index (Phi) is 4.63. The van der Waals surface area contributed by atoms with Crippen LogP contribution in [0.1, 0.15) is 15.9 Å². The molecule has 0 bridgehead atoms. The van der Waals surface area contributed by atoms with Crippen LogP contribution in [0.4, 0.5) is 0 Å². The predicted octanol–water partition coefficient (Wildman–Crippen LogP) is 4.72. The van der Waals surface area contributed by atoms with Gasteiger partial charge in [-0.3, -0.25) is 4.79 Å². The molecule has 0 unspecified atom stereocenters. The third kappa shape index (κ3) is 3.58. The number of fused-ring (bicyclic) bond motifs is 1. The van der Waals surface area contributed by atoms with Crippen molar-refractivity contribution < 1.29 is 4.79 Å². The first-order valence-electron chi connectivity index (χ1n) is 7.72. The van der Waals surface area contributed by atoms with Crippen LogP contribution in [0, 0.1) is 0 Å². The molecule has 0 atom stereocenters. The molecule has 0 saturated heterocycles. The first-order chi connectivity index (χ1) is 12.6. The molecule has 4 aromatic rings. The lowest BCUT2D eigenvalue weighted by molar-refractivity contribution is 0.0951. The van der Waals surface area contributed by atoms with E-state index in [2.05, 4.69) is 15.4 Å². The van der Waals surface area contributed by atoms with Gasteiger partial charge in [0.25, 0.3) is 5.91 Å². The molecule has 2 heterocycles. The topological polar surface area (TPSA) is 59.8 Å². The van der Waals surface area contributed by atoms with Gasteiger partial charge < -0.3 is 5.32 Å². The van der Waals surface area contributed by atoms with E-state index in [1.165, 1.54) is 17.5 Å². The molecular formula is C18H12Cl2N4OS. The molecule has 0 radical (unpaired) electrons. The zero-order valence-electron chi connectivity index (χ0n) is 13.3. The molecule has 2 aromatic heterocycles. The number of carbonyl (C=O) groups excluding carboxylic acids is 1. The SMILES string of the molecule is O=C(NCc1cc(Cl)cc(Cl)c1)c1cnn(-c2nc3ccccc3s2)c1. The third-order valence-electron chi connectivity index (χ3n) is 3.70. The van der Waals surface area contributed by atoms with Gasteiger partial charge in [-0.25, -0.2) is 9.67 Å². The quantitative estimate of drug-likeness (QED) is 0.537. The second-order valence-corrected chi connectivity index (χ2v) is 7.48. The Morgan fingerprint density at radius 3 is 2.69 bits per heavy atom. The fraction of sp³-hybridized carbons (Fsp3) is 0.0556. The van der Waals surface area contributed by atoms with E-state index in [0.29, 0.717) is 27.3 Å². The Balaban J connectivity index is 1.49. The van der Waals surface area contributed by atoms with Gasteiger partial charge in [0.15, 0.2) is 0 Å². The van der Waals surface area contributed by atoms with E-state index < -0.39 is 0 Å². The van der Waals surface area contributed by atoms with E-state index in [4.69, 9.17) is 23.2 Å². The number of rotatable bonds is 4. The molecule has 4 rings (SSSR count). The summed E-state index contributed by atoms with van der Waals surface area (Å²) >= 11 is 13.5. The van der Waals surface area contributed by atoms with Crippen molar-refractivity contribution in [2.75, 3.05) is 0 Å². The van der Waals surface area contributed by atoms with Crippen molar-refractivity contribution in [2.24, 2.45) is 0 Å². The normalized spacial score (nSPS) is 11.0. The van der Waals surface area contributed by atoms with Crippen molar-refractivity contribution in [1.29, 1.82) is 0 Å². The number of nitrogens with one attached hydrogen (secondary N) is 1. The summed E-state index contributed by atoms with van der Waals surface area (Å²) in [5.41, 5.74) is 2.19. The smallest absolute Gasteiger partial charge is 0.254 e. The van der Waals surface area contributed by atoms with Gasteiger partial charge in [0, 0.05) is 22.8 Å². The third-order valence-corrected chi connectivity index (χ3v) is 5.16. The van der Waals surface area contributed by atoms with E-state index >= 15 is 0 Å². The van der Waals surface area contributed by atoms with Crippen molar-refractivity contribution >= 4 is 50.7 Å². The van der Waals surface area contributed by atoms with Crippen LogP contribution in [-0.2, 0) is 6.54 Å². The maximum Gasteiger partial charge on any atom is 0.254 e. The van der Waals surface area contributed by atoms with E-state index in [-0.39, 0.29) is 5.91 Å². The van der Waals surface area contributed by atoms with Crippen molar-refractivity contribution in [3.63, 3.8) is 0 Å². The average molecular weight is 403 g/mol. The van der Waals surface area contributed by atoms with Crippen LogP contribution < -0.4 is 5.32 Å². The molecule has 0 aliphatic rings. The maximum atomic E-state index is 12.4. The lowest BCUT2D eigenvalue weighted by atomic mass is 10.2. The number of aromatic nitrogens is 3. The molecular weight excluding hydrogens is 391 g/mol. The largest absolute Gasteiger partial charge is 0.348 e. The summed E-state index contributed by atoms with van der Waals surface area (Å²) in [6.07, 6.45) is 3.18. The summed E-state index contributed by atoms with van der Waals surface area (Å²) in [6, 6.07) is 13.0. The first-order valence-corrected chi connectivity index (χ1v) is 9.29. The highest BCUT2D eigenvalue weighted by Crippen LogP contribution is 2.24. The van der Waals surface area contributed by atoms with Crippen LogP contribution in [0.3, 0.4) is 0 Å². The van der Waals surface area contributed by atoms with E-state index in [1.54, 1.807) is 29.1 Å². The van der Waals surface area contributed by atoms with Gasteiger partial charge in [-0.05, 0) is 35.9 Å². The van der Waals surface area contributed by atoms with Gasteiger partial charge in [-0.1, -0.05) is 46.7 Å². The predicted molar refractivity (Wildman–Crippen MR) is 104 cm³/mol. The number of amides is 1. The van der Waals surface area contributed by atoms with Crippen molar-refractivity contribution in [3.8, 4) is 5.13 Å². The first kappa shape index (κ1) is 17.0. The average Bonchev–Trinajstić information content (AvgIpc) is 3.25. The molecule has 0 aliphatic carbocycles. The number of benzene rings is 2. The van der Waals surface area contributed by atoms with Crippen molar-refractivity contribution in [3.05, 3.63) is 76.0 Å². The Hall–Kier alpha value is -2.41. The van der Waals surface area contributed by atoms with Crippen LogP contribution in [0.2, 0.25) is 10.0 Å². The minimum atomic E-state index is -0.228. The zero-order valence-corrected chi connectivity index (χ0v) is 15.6. The molecule has 0 aliphatic heterocycles. The van der Waals surface area contributed by atoms with Gasteiger partial charge in [0.2, 0.25) is 5.13 Å². The molecule has 1 amide bonds. The molecule has 0 saturated carbocycles. The number of para-hydroxylation sites is 1. The highest BCUT2D eigenvalue weighted by Gasteiger charge is 2.12. The zero-order chi connectivity index (χ0) is 18.1. The van der Waals surface area contributed by atoms with Crippen molar-refractivity contribution in [2.45, 2.75) is 6.54 Å². The number of thiazole rings is 1. The summed E-state index contributed by atoms with van der Waals surface area (Å²) < 4.78 is 2.68. The summed E-state index contributed by atoms with van der Waals surface area (Å²) in [6.45, 7) is 0.325. The van der Waals surface area contributed by atoms with Gasteiger partial charge >= 0.3 is 0 Å².